The van der Waals surface area contributed by atoms with Crippen molar-refractivity contribution < 1.29 is 9.59 Å². The molecule has 2 rings (SSSR count). The molecule has 0 aliphatic carbocycles. The first-order valence-corrected chi connectivity index (χ1v) is 7.60. The Morgan fingerprint density at radius 2 is 2.04 bits per heavy atom. The van der Waals surface area contributed by atoms with Crippen LogP contribution in [-0.4, -0.2) is 28.0 Å². The molecule has 1 heterocycles. The van der Waals surface area contributed by atoms with E-state index in [4.69, 9.17) is 23.2 Å². The highest BCUT2D eigenvalue weighted by molar-refractivity contribution is 6.38. The fraction of sp³-hybridized carbons (Fsp3) is 0.286. The number of imide groups is 1. The van der Waals surface area contributed by atoms with Crippen LogP contribution in [0, 0.1) is 0 Å². The van der Waals surface area contributed by atoms with E-state index >= 15 is 0 Å². The number of urea groups is 1. The predicted octanol–water partition coefficient (Wildman–Crippen LogP) is 1.94. The lowest BCUT2D eigenvalue weighted by Gasteiger charge is -2.08. The van der Waals surface area contributed by atoms with Crippen LogP contribution in [0.25, 0.3) is 10.9 Å². The normalized spacial score (nSPS) is 10.6. The highest BCUT2D eigenvalue weighted by Crippen LogP contribution is 2.23. The molecular weight excluding hydrogens is 343 g/mol. The van der Waals surface area contributed by atoms with Gasteiger partial charge in [-0.2, -0.15) is 0 Å². The quantitative estimate of drug-likeness (QED) is 0.875. The number of nitrogens with zero attached hydrogens (tertiary/aromatic N) is 2. The smallest absolute Gasteiger partial charge is 0.321 e. The van der Waals surface area contributed by atoms with Crippen LogP contribution in [0.3, 0.4) is 0 Å². The Bertz CT molecular complexity index is 820. The van der Waals surface area contributed by atoms with E-state index in [0.717, 1.165) is 11.0 Å². The zero-order valence-corrected chi connectivity index (χ0v) is 13.7. The summed E-state index contributed by atoms with van der Waals surface area (Å²) in [6.45, 7) is 2.00. The molecule has 0 saturated heterocycles. The summed E-state index contributed by atoms with van der Waals surface area (Å²) in [5.74, 6) is -0.630. The third-order valence-electron chi connectivity index (χ3n) is 2.95. The van der Waals surface area contributed by atoms with Gasteiger partial charge in [-0.25, -0.2) is 9.78 Å². The molecule has 1 aromatic carbocycles. The number of aromatic nitrogens is 2. The van der Waals surface area contributed by atoms with Gasteiger partial charge >= 0.3 is 6.03 Å². The van der Waals surface area contributed by atoms with Crippen LogP contribution in [0.15, 0.2) is 23.3 Å². The van der Waals surface area contributed by atoms with Gasteiger partial charge < -0.3 is 5.32 Å². The summed E-state index contributed by atoms with van der Waals surface area (Å²) < 4.78 is 1.08. The van der Waals surface area contributed by atoms with Crippen molar-refractivity contribution >= 4 is 46.0 Å². The fourth-order valence-corrected chi connectivity index (χ4v) is 2.45. The van der Waals surface area contributed by atoms with Gasteiger partial charge in [0.2, 0.25) is 5.91 Å². The van der Waals surface area contributed by atoms with E-state index in [9.17, 15) is 14.4 Å². The highest BCUT2D eigenvalue weighted by atomic mass is 35.5. The monoisotopic (exact) mass is 356 g/mol. The summed E-state index contributed by atoms with van der Waals surface area (Å²) in [7, 11) is 0. The lowest BCUT2D eigenvalue weighted by molar-refractivity contribution is -0.120. The molecule has 122 valence electrons. The minimum Gasteiger partial charge on any atom is -0.338 e. The maximum absolute atomic E-state index is 12.4. The van der Waals surface area contributed by atoms with Crippen LogP contribution < -0.4 is 16.2 Å². The molecule has 7 nitrogen and oxygen atoms in total. The number of benzene rings is 1. The number of hydrogen-bond acceptors (Lipinski definition) is 4. The van der Waals surface area contributed by atoms with E-state index < -0.39 is 17.5 Å². The topological polar surface area (TPSA) is 93.1 Å². The maximum Gasteiger partial charge on any atom is 0.321 e. The second kappa shape index (κ2) is 7.43. The minimum absolute atomic E-state index is 0.202. The zero-order valence-electron chi connectivity index (χ0n) is 12.2. The van der Waals surface area contributed by atoms with Crippen LogP contribution >= 0.6 is 23.2 Å². The van der Waals surface area contributed by atoms with Gasteiger partial charge in [-0.15, -0.1) is 0 Å². The molecule has 0 fully saturated rings. The van der Waals surface area contributed by atoms with Crippen molar-refractivity contribution in [1.82, 2.24) is 20.2 Å². The van der Waals surface area contributed by atoms with Crippen molar-refractivity contribution in [2.24, 2.45) is 0 Å². The fourth-order valence-electron chi connectivity index (χ4n) is 1.91. The summed E-state index contributed by atoms with van der Waals surface area (Å²) in [5.41, 5.74) is -0.165. The lowest BCUT2D eigenvalue weighted by atomic mass is 10.2. The molecule has 1 aromatic heterocycles. The highest BCUT2D eigenvalue weighted by Gasteiger charge is 2.12. The van der Waals surface area contributed by atoms with Gasteiger partial charge in [0, 0.05) is 11.6 Å². The molecule has 0 spiro atoms. The Hall–Kier alpha value is -2.12. The second-order valence-electron chi connectivity index (χ2n) is 4.77. The van der Waals surface area contributed by atoms with Crippen molar-refractivity contribution in [2.45, 2.75) is 19.9 Å². The molecular formula is C14H14Cl2N4O3. The third kappa shape index (κ3) is 4.20. The Morgan fingerprint density at radius 1 is 1.30 bits per heavy atom. The van der Waals surface area contributed by atoms with Crippen LogP contribution in [0.1, 0.15) is 13.3 Å². The van der Waals surface area contributed by atoms with Crippen molar-refractivity contribution in [1.29, 1.82) is 0 Å². The molecule has 0 aliphatic rings. The third-order valence-corrected chi connectivity index (χ3v) is 3.45. The average molecular weight is 357 g/mol. The first kappa shape index (κ1) is 17.2. The van der Waals surface area contributed by atoms with Crippen LogP contribution in [0.4, 0.5) is 4.79 Å². The van der Waals surface area contributed by atoms with Crippen LogP contribution in [0.2, 0.25) is 10.0 Å². The standard InChI is InChI=1S/C14H14Cl2N4O3/c1-2-3-17-14(23)19-11(21)6-20-7-18-12-9(13(20)22)4-8(15)5-10(12)16/h4-5,7H,2-3,6H2,1H3,(H2,17,19,21,23). The van der Waals surface area contributed by atoms with Gasteiger partial charge in [-0.05, 0) is 18.6 Å². The number of hydrogen-bond donors (Lipinski definition) is 2. The number of rotatable bonds is 4. The zero-order chi connectivity index (χ0) is 17.0. The summed E-state index contributed by atoms with van der Waals surface area (Å²) in [4.78, 5) is 39.6. The van der Waals surface area contributed by atoms with Gasteiger partial charge in [0.1, 0.15) is 6.54 Å². The van der Waals surface area contributed by atoms with Crippen molar-refractivity contribution in [3.8, 4) is 0 Å². The first-order chi connectivity index (χ1) is 10.9. The predicted molar refractivity (Wildman–Crippen MR) is 87.9 cm³/mol. The number of amides is 3. The molecule has 0 radical (unpaired) electrons. The summed E-state index contributed by atoms with van der Waals surface area (Å²) in [6.07, 6.45) is 1.95. The SMILES string of the molecule is CCCNC(=O)NC(=O)Cn1cnc2c(Cl)cc(Cl)cc2c1=O. The van der Waals surface area contributed by atoms with Gasteiger partial charge in [0.15, 0.2) is 0 Å². The second-order valence-corrected chi connectivity index (χ2v) is 5.61. The molecule has 0 atom stereocenters. The Kier molecular flexibility index (Phi) is 5.57. The molecule has 2 aromatic rings. The van der Waals surface area contributed by atoms with Gasteiger partial charge in [-0.3, -0.25) is 19.5 Å². The van der Waals surface area contributed by atoms with Crippen LogP contribution in [0.5, 0.6) is 0 Å². The molecule has 3 amide bonds. The number of fused-ring (bicyclic) bond motifs is 1. The molecule has 2 N–H and O–H groups in total. The molecule has 0 aliphatic heterocycles. The molecule has 0 saturated carbocycles. The Balaban J connectivity index is 2.21. The Labute approximate surface area is 141 Å². The van der Waals surface area contributed by atoms with Crippen molar-refractivity contribution in [3.05, 3.63) is 38.9 Å². The van der Waals surface area contributed by atoms with E-state index in [1.165, 1.54) is 18.5 Å². The van der Waals surface area contributed by atoms with Crippen LogP contribution in [-0.2, 0) is 11.3 Å². The largest absolute Gasteiger partial charge is 0.338 e. The first-order valence-electron chi connectivity index (χ1n) is 6.84. The lowest BCUT2D eigenvalue weighted by Crippen LogP contribution is -2.42. The molecule has 0 unspecified atom stereocenters. The van der Waals surface area contributed by atoms with E-state index in [1.807, 2.05) is 6.92 Å². The number of halogens is 2. The van der Waals surface area contributed by atoms with E-state index in [-0.39, 0.29) is 17.0 Å². The van der Waals surface area contributed by atoms with Gasteiger partial charge in [0.05, 0.1) is 22.3 Å². The summed E-state index contributed by atoms with van der Waals surface area (Å²) in [5, 5.41) is 5.38. The summed E-state index contributed by atoms with van der Waals surface area (Å²) in [6, 6.07) is 2.30. The number of nitrogens with one attached hydrogen (secondary N) is 2. The Morgan fingerprint density at radius 3 is 2.74 bits per heavy atom. The molecule has 0 bridgehead atoms. The average Bonchev–Trinajstić information content (AvgIpc) is 2.48. The van der Waals surface area contributed by atoms with Crippen molar-refractivity contribution in [2.75, 3.05) is 6.54 Å². The van der Waals surface area contributed by atoms with Gasteiger partial charge in [0.25, 0.3) is 5.56 Å². The molecule has 23 heavy (non-hydrogen) atoms. The maximum atomic E-state index is 12.4. The van der Waals surface area contributed by atoms with Gasteiger partial charge in [-0.1, -0.05) is 30.1 Å². The number of carbonyl (C=O) groups is 2. The van der Waals surface area contributed by atoms with Crippen molar-refractivity contribution in [3.63, 3.8) is 0 Å². The van der Waals surface area contributed by atoms with E-state index in [1.54, 1.807) is 0 Å². The number of carbonyl (C=O) groups excluding carboxylic acids is 2. The molecule has 9 heteroatoms. The minimum atomic E-state index is -0.630. The van der Waals surface area contributed by atoms with E-state index in [2.05, 4.69) is 15.6 Å². The van der Waals surface area contributed by atoms with E-state index in [0.29, 0.717) is 17.1 Å². The summed E-state index contributed by atoms with van der Waals surface area (Å²) >= 11 is 11.9.